The summed E-state index contributed by atoms with van der Waals surface area (Å²) < 4.78 is 0. The van der Waals surface area contributed by atoms with Gasteiger partial charge in [-0.05, 0) is 31.2 Å². The second kappa shape index (κ2) is 2.60. The zero-order valence-corrected chi connectivity index (χ0v) is 7.33. The van der Waals surface area contributed by atoms with Gasteiger partial charge in [-0.2, -0.15) is 0 Å². The van der Waals surface area contributed by atoms with Crippen LogP contribution in [0.15, 0.2) is 30.3 Å². The van der Waals surface area contributed by atoms with E-state index >= 15 is 0 Å². The van der Waals surface area contributed by atoms with E-state index in [4.69, 9.17) is 0 Å². The molecule has 1 heteroatoms. The Labute approximate surface area is 73.0 Å². The second-order valence-corrected chi connectivity index (χ2v) is 3.95. The zero-order valence-electron chi connectivity index (χ0n) is 7.33. The van der Waals surface area contributed by atoms with Crippen molar-refractivity contribution in [1.82, 2.24) is 0 Å². The van der Waals surface area contributed by atoms with Crippen LogP contribution < -0.4 is 0 Å². The molecule has 1 aromatic carbocycles. The van der Waals surface area contributed by atoms with Gasteiger partial charge < -0.3 is 5.11 Å². The average Bonchev–Trinajstić information content (AvgIpc) is 2.61. The first-order chi connectivity index (χ1) is 5.68. The van der Waals surface area contributed by atoms with Crippen LogP contribution in [-0.4, -0.2) is 10.7 Å². The Hall–Kier alpha value is -0.820. The predicted molar refractivity (Wildman–Crippen MR) is 48.9 cm³/mol. The van der Waals surface area contributed by atoms with E-state index in [1.54, 1.807) is 0 Å². The van der Waals surface area contributed by atoms with Gasteiger partial charge in [-0.25, -0.2) is 0 Å². The molecule has 0 aromatic heterocycles. The molecule has 1 N–H and O–H groups in total. The first-order valence-electron chi connectivity index (χ1n) is 4.45. The molecule has 1 aromatic rings. The molecule has 0 bridgehead atoms. The molecular formula is C11H14O. The van der Waals surface area contributed by atoms with Gasteiger partial charge in [-0.1, -0.05) is 30.3 Å². The fraction of sp³-hybridized carbons (Fsp3) is 0.455. The summed E-state index contributed by atoms with van der Waals surface area (Å²) in [5, 5.41) is 9.55. The molecule has 2 rings (SSSR count). The van der Waals surface area contributed by atoms with E-state index in [-0.39, 0.29) is 5.60 Å². The Morgan fingerprint density at radius 3 is 2.50 bits per heavy atom. The summed E-state index contributed by atoms with van der Waals surface area (Å²) in [6, 6.07) is 10.4. The molecule has 1 aliphatic rings. The van der Waals surface area contributed by atoms with E-state index in [1.807, 2.05) is 25.1 Å². The molecule has 64 valence electrons. The first kappa shape index (κ1) is 7.81. The molecule has 1 saturated carbocycles. The largest absolute Gasteiger partial charge is 0.390 e. The molecule has 0 heterocycles. The highest BCUT2D eigenvalue weighted by molar-refractivity contribution is 5.18. The molecule has 12 heavy (non-hydrogen) atoms. The van der Waals surface area contributed by atoms with Crippen molar-refractivity contribution in [3.63, 3.8) is 0 Å². The minimum absolute atomic E-state index is 0.379. The summed E-state index contributed by atoms with van der Waals surface area (Å²) in [6.07, 6.45) is 1.98. The number of rotatable bonds is 2. The summed E-state index contributed by atoms with van der Waals surface area (Å²) in [7, 11) is 0. The SMILES string of the molecule is CC1(O)CC1Cc1ccccc1. The predicted octanol–water partition coefficient (Wildman–Crippen LogP) is 2.00. The van der Waals surface area contributed by atoms with Crippen LogP contribution in [-0.2, 0) is 6.42 Å². The summed E-state index contributed by atoms with van der Waals surface area (Å²) in [5.41, 5.74) is 0.954. The van der Waals surface area contributed by atoms with Crippen LogP contribution in [0.25, 0.3) is 0 Å². The maximum Gasteiger partial charge on any atom is 0.0655 e. The van der Waals surface area contributed by atoms with E-state index in [2.05, 4.69) is 12.1 Å². The van der Waals surface area contributed by atoms with Gasteiger partial charge >= 0.3 is 0 Å². The van der Waals surface area contributed by atoms with Crippen molar-refractivity contribution in [2.75, 3.05) is 0 Å². The average molecular weight is 162 g/mol. The Bertz CT molecular complexity index is 264. The minimum atomic E-state index is -0.379. The topological polar surface area (TPSA) is 20.2 Å². The fourth-order valence-corrected chi connectivity index (χ4v) is 1.63. The molecule has 0 aliphatic heterocycles. The standard InChI is InChI=1S/C11H14O/c1-11(12)8-10(11)7-9-5-3-2-4-6-9/h2-6,10,12H,7-8H2,1H3. The van der Waals surface area contributed by atoms with Crippen LogP contribution in [0.5, 0.6) is 0 Å². The van der Waals surface area contributed by atoms with Crippen molar-refractivity contribution in [3.05, 3.63) is 35.9 Å². The smallest absolute Gasteiger partial charge is 0.0655 e. The Morgan fingerprint density at radius 2 is 2.00 bits per heavy atom. The van der Waals surface area contributed by atoms with Gasteiger partial charge in [0.15, 0.2) is 0 Å². The Balaban J connectivity index is 1.98. The van der Waals surface area contributed by atoms with Gasteiger partial charge in [-0.15, -0.1) is 0 Å². The van der Waals surface area contributed by atoms with E-state index in [0.29, 0.717) is 5.92 Å². The summed E-state index contributed by atoms with van der Waals surface area (Å²) in [5.74, 6) is 0.486. The van der Waals surface area contributed by atoms with Crippen LogP contribution >= 0.6 is 0 Å². The van der Waals surface area contributed by atoms with Crippen molar-refractivity contribution >= 4 is 0 Å². The lowest BCUT2D eigenvalue weighted by Gasteiger charge is -2.02. The molecule has 2 unspecified atom stereocenters. The number of benzene rings is 1. The highest BCUT2D eigenvalue weighted by Crippen LogP contribution is 2.44. The maximum absolute atomic E-state index is 9.55. The van der Waals surface area contributed by atoms with Gasteiger partial charge in [0.2, 0.25) is 0 Å². The molecule has 0 radical (unpaired) electrons. The van der Waals surface area contributed by atoms with E-state index in [1.165, 1.54) is 5.56 Å². The van der Waals surface area contributed by atoms with Crippen LogP contribution in [0.3, 0.4) is 0 Å². The number of hydrogen-bond acceptors (Lipinski definition) is 1. The maximum atomic E-state index is 9.55. The van der Waals surface area contributed by atoms with Crippen LogP contribution in [0.4, 0.5) is 0 Å². The van der Waals surface area contributed by atoms with Gasteiger partial charge in [-0.3, -0.25) is 0 Å². The van der Waals surface area contributed by atoms with E-state index in [0.717, 1.165) is 12.8 Å². The monoisotopic (exact) mass is 162 g/mol. The molecular weight excluding hydrogens is 148 g/mol. The third-order valence-electron chi connectivity index (χ3n) is 2.70. The summed E-state index contributed by atoms with van der Waals surface area (Å²) in [4.78, 5) is 0. The quantitative estimate of drug-likeness (QED) is 0.705. The number of hydrogen-bond donors (Lipinski definition) is 1. The highest BCUT2D eigenvalue weighted by Gasteiger charge is 2.47. The third kappa shape index (κ3) is 1.51. The van der Waals surface area contributed by atoms with Crippen LogP contribution in [0, 0.1) is 5.92 Å². The second-order valence-electron chi connectivity index (χ2n) is 3.95. The van der Waals surface area contributed by atoms with Gasteiger partial charge in [0, 0.05) is 0 Å². The minimum Gasteiger partial charge on any atom is -0.390 e. The lowest BCUT2D eigenvalue weighted by atomic mass is 10.1. The molecule has 0 saturated heterocycles. The summed E-state index contributed by atoms with van der Waals surface area (Å²) in [6.45, 7) is 1.92. The molecule has 1 nitrogen and oxygen atoms in total. The van der Waals surface area contributed by atoms with E-state index in [9.17, 15) is 5.11 Å². The van der Waals surface area contributed by atoms with Crippen molar-refractivity contribution in [3.8, 4) is 0 Å². The lowest BCUT2D eigenvalue weighted by molar-refractivity contribution is 0.152. The van der Waals surface area contributed by atoms with Crippen molar-refractivity contribution in [2.24, 2.45) is 5.92 Å². The molecule has 2 atom stereocenters. The fourth-order valence-electron chi connectivity index (χ4n) is 1.63. The van der Waals surface area contributed by atoms with Crippen molar-refractivity contribution < 1.29 is 5.11 Å². The molecule has 1 aliphatic carbocycles. The Kier molecular flexibility index (Phi) is 1.69. The van der Waals surface area contributed by atoms with Crippen molar-refractivity contribution in [2.45, 2.75) is 25.4 Å². The molecule has 0 spiro atoms. The van der Waals surface area contributed by atoms with E-state index < -0.39 is 0 Å². The summed E-state index contributed by atoms with van der Waals surface area (Å²) >= 11 is 0. The third-order valence-corrected chi connectivity index (χ3v) is 2.70. The number of aliphatic hydroxyl groups is 1. The van der Waals surface area contributed by atoms with Crippen LogP contribution in [0.2, 0.25) is 0 Å². The first-order valence-corrected chi connectivity index (χ1v) is 4.45. The lowest BCUT2D eigenvalue weighted by Crippen LogP contribution is -2.05. The van der Waals surface area contributed by atoms with Crippen molar-refractivity contribution in [1.29, 1.82) is 0 Å². The van der Waals surface area contributed by atoms with Gasteiger partial charge in [0.1, 0.15) is 0 Å². The normalized spacial score (nSPS) is 33.3. The van der Waals surface area contributed by atoms with Gasteiger partial charge in [0.25, 0.3) is 0 Å². The van der Waals surface area contributed by atoms with Crippen LogP contribution in [0.1, 0.15) is 18.9 Å². The molecule has 0 amide bonds. The highest BCUT2D eigenvalue weighted by atomic mass is 16.3. The molecule has 1 fully saturated rings. The Morgan fingerprint density at radius 1 is 1.42 bits per heavy atom. The zero-order chi connectivity index (χ0) is 8.60. The van der Waals surface area contributed by atoms with Gasteiger partial charge in [0.05, 0.1) is 5.60 Å².